The van der Waals surface area contributed by atoms with Crippen LogP contribution in [0.2, 0.25) is 5.02 Å². The number of ether oxygens (including phenoxy) is 2. The molecule has 1 amide bonds. The fraction of sp³-hybridized carbons (Fsp3) is 0.500. The Hall–Kier alpha value is -1.37. The maximum absolute atomic E-state index is 12.9. The zero-order valence-electron chi connectivity index (χ0n) is 12.1. The fourth-order valence-electron chi connectivity index (χ4n) is 1.53. The molecule has 0 bridgehead atoms. The van der Waals surface area contributed by atoms with Gasteiger partial charge in [0.25, 0.3) is 5.91 Å². The van der Waals surface area contributed by atoms with Crippen LogP contribution in [0.15, 0.2) is 18.2 Å². The highest BCUT2D eigenvalue weighted by Gasteiger charge is 2.15. The molecule has 1 unspecified atom stereocenters. The molecule has 1 rings (SSSR count). The van der Waals surface area contributed by atoms with Crippen molar-refractivity contribution in [2.24, 2.45) is 0 Å². The Morgan fingerprint density at radius 2 is 2.14 bits per heavy atom. The van der Waals surface area contributed by atoms with Crippen LogP contribution in [-0.2, 0) is 9.53 Å². The standard InChI is InChI=1S/C14H20ClFN2O3/c1-10(14(19)18-6-5-17-7-8-20-2)21-13-4-3-11(16)9-12(13)15/h3-4,9-10,17H,5-8H2,1-2H3,(H,18,19). The molecule has 7 heteroatoms. The maximum Gasteiger partial charge on any atom is 0.260 e. The van der Waals surface area contributed by atoms with E-state index in [1.54, 1.807) is 14.0 Å². The number of hydrogen-bond acceptors (Lipinski definition) is 4. The van der Waals surface area contributed by atoms with Crippen LogP contribution in [0, 0.1) is 5.82 Å². The van der Waals surface area contributed by atoms with Crippen molar-refractivity contribution in [3.8, 4) is 5.75 Å². The molecule has 0 radical (unpaired) electrons. The summed E-state index contributed by atoms with van der Waals surface area (Å²) in [5.41, 5.74) is 0. The molecule has 0 spiro atoms. The summed E-state index contributed by atoms with van der Waals surface area (Å²) in [6.45, 7) is 4.07. The predicted molar refractivity (Wildman–Crippen MR) is 79.3 cm³/mol. The predicted octanol–water partition coefficient (Wildman–Crippen LogP) is 1.60. The van der Waals surface area contributed by atoms with Gasteiger partial charge in [-0.15, -0.1) is 0 Å². The van der Waals surface area contributed by atoms with Crippen molar-refractivity contribution in [3.05, 3.63) is 29.0 Å². The molecule has 0 heterocycles. The molecule has 1 aromatic carbocycles. The Balaban J connectivity index is 2.30. The quantitative estimate of drug-likeness (QED) is 0.679. The number of halogens is 2. The first kappa shape index (κ1) is 17.7. The van der Waals surface area contributed by atoms with Gasteiger partial charge in [0.1, 0.15) is 11.6 Å². The van der Waals surface area contributed by atoms with Crippen LogP contribution in [0.4, 0.5) is 4.39 Å². The van der Waals surface area contributed by atoms with E-state index < -0.39 is 11.9 Å². The van der Waals surface area contributed by atoms with E-state index in [-0.39, 0.29) is 16.7 Å². The van der Waals surface area contributed by atoms with E-state index in [1.165, 1.54) is 12.1 Å². The van der Waals surface area contributed by atoms with E-state index in [1.807, 2.05) is 0 Å². The van der Waals surface area contributed by atoms with Crippen LogP contribution < -0.4 is 15.4 Å². The molecular formula is C14H20ClFN2O3. The number of carbonyl (C=O) groups is 1. The Morgan fingerprint density at radius 1 is 1.38 bits per heavy atom. The van der Waals surface area contributed by atoms with Crippen molar-refractivity contribution < 1.29 is 18.7 Å². The summed E-state index contributed by atoms with van der Waals surface area (Å²) in [6.07, 6.45) is -0.716. The third kappa shape index (κ3) is 6.75. The number of hydrogen-bond donors (Lipinski definition) is 2. The van der Waals surface area contributed by atoms with Gasteiger partial charge in [0.05, 0.1) is 11.6 Å². The number of amides is 1. The largest absolute Gasteiger partial charge is 0.479 e. The molecule has 0 aliphatic rings. The van der Waals surface area contributed by atoms with Crippen molar-refractivity contribution in [1.82, 2.24) is 10.6 Å². The number of nitrogens with one attached hydrogen (secondary N) is 2. The van der Waals surface area contributed by atoms with Gasteiger partial charge in [0, 0.05) is 26.7 Å². The normalized spacial score (nSPS) is 12.0. The van der Waals surface area contributed by atoms with Gasteiger partial charge in [-0.3, -0.25) is 4.79 Å². The molecule has 118 valence electrons. The van der Waals surface area contributed by atoms with Gasteiger partial charge in [0.15, 0.2) is 6.10 Å². The second-order valence-corrected chi connectivity index (χ2v) is 4.78. The minimum absolute atomic E-state index is 0.135. The summed E-state index contributed by atoms with van der Waals surface area (Å²) in [5.74, 6) is -0.436. The first-order chi connectivity index (χ1) is 10.0. The number of carbonyl (C=O) groups excluding carboxylic acids is 1. The highest BCUT2D eigenvalue weighted by Crippen LogP contribution is 2.25. The molecule has 2 N–H and O–H groups in total. The number of methoxy groups -OCH3 is 1. The minimum Gasteiger partial charge on any atom is -0.479 e. The lowest BCUT2D eigenvalue weighted by molar-refractivity contribution is -0.127. The van der Waals surface area contributed by atoms with Crippen molar-refractivity contribution in [1.29, 1.82) is 0 Å². The molecule has 1 atom stereocenters. The Kier molecular flexibility index (Phi) is 8.04. The summed E-state index contributed by atoms with van der Waals surface area (Å²) < 4.78 is 23.2. The monoisotopic (exact) mass is 318 g/mol. The van der Waals surface area contributed by atoms with Gasteiger partial charge in [-0.2, -0.15) is 0 Å². The molecular weight excluding hydrogens is 299 g/mol. The molecule has 0 aliphatic heterocycles. The molecule has 0 fully saturated rings. The second kappa shape index (κ2) is 9.55. The lowest BCUT2D eigenvalue weighted by atomic mass is 10.3. The maximum atomic E-state index is 12.9. The van der Waals surface area contributed by atoms with Crippen molar-refractivity contribution in [3.63, 3.8) is 0 Å². The molecule has 5 nitrogen and oxygen atoms in total. The van der Waals surface area contributed by atoms with Crippen LogP contribution in [0.5, 0.6) is 5.75 Å². The summed E-state index contributed by atoms with van der Waals surface area (Å²) in [4.78, 5) is 11.8. The number of rotatable bonds is 9. The van der Waals surface area contributed by atoms with Crippen LogP contribution in [0.3, 0.4) is 0 Å². The average molecular weight is 319 g/mol. The van der Waals surface area contributed by atoms with Gasteiger partial charge in [-0.1, -0.05) is 11.6 Å². The molecule has 0 saturated carbocycles. The van der Waals surface area contributed by atoms with Crippen LogP contribution in [-0.4, -0.2) is 45.4 Å². The fourth-order valence-corrected chi connectivity index (χ4v) is 1.74. The van der Waals surface area contributed by atoms with E-state index in [9.17, 15) is 9.18 Å². The van der Waals surface area contributed by atoms with E-state index in [2.05, 4.69) is 10.6 Å². The number of benzene rings is 1. The lowest BCUT2D eigenvalue weighted by Gasteiger charge is -2.15. The van der Waals surface area contributed by atoms with E-state index >= 15 is 0 Å². The van der Waals surface area contributed by atoms with Gasteiger partial charge >= 0.3 is 0 Å². The third-order valence-electron chi connectivity index (χ3n) is 2.65. The Labute approximate surface area is 128 Å². The van der Waals surface area contributed by atoms with Crippen molar-refractivity contribution >= 4 is 17.5 Å². The first-order valence-corrected chi connectivity index (χ1v) is 7.01. The molecule has 21 heavy (non-hydrogen) atoms. The SMILES string of the molecule is COCCNCCNC(=O)C(C)Oc1ccc(F)cc1Cl. The second-order valence-electron chi connectivity index (χ2n) is 4.37. The molecule has 1 aromatic rings. The van der Waals surface area contributed by atoms with Crippen LogP contribution >= 0.6 is 11.6 Å². The topological polar surface area (TPSA) is 59.6 Å². The highest BCUT2D eigenvalue weighted by molar-refractivity contribution is 6.32. The molecule has 0 saturated heterocycles. The van der Waals surface area contributed by atoms with Crippen LogP contribution in [0.25, 0.3) is 0 Å². The summed E-state index contributed by atoms with van der Waals surface area (Å²) in [5, 5.41) is 5.96. The van der Waals surface area contributed by atoms with E-state index in [4.69, 9.17) is 21.1 Å². The first-order valence-electron chi connectivity index (χ1n) is 6.63. The Bertz CT molecular complexity index is 460. The van der Waals surface area contributed by atoms with Gasteiger partial charge < -0.3 is 20.1 Å². The zero-order valence-corrected chi connectivity index (χ0v) is 12.9. The summed E-state index contributed by atoms with van der Waals surface area (Å²) in [6, 6.07) is 3.76. The highest BCUT2D eigenvalue weighted by atomic mass is 35.5. The smallest absolute Gasteiger partial charge is 0.260 e. The lowest BCUT2D eigenvalue weighted by Crippen LogP contribution is -2.40. The van der Waals surface area contributed by atoms with Crippen molar-refractivity contribution in [2.75, 3.05) is 33.4 Å². The summed E-state index contributed by atoms with van der Waals surface area (Å²) >= 11 is 5.84. The third-order valence-corrected chi connectivity index (χ3v) is 2.95. The summed E-state index contributed by atoms with van der Waals surface area (Å²) in [7, 11) is 1.63. The van der Waals surface area contributed by atoms with Crippen LogP contribution in [0.1, 0.15) is 6.92 Å². The molecule has 0 aliphatic carbocycles. The average Bonchev–Trinajstić information content (AvgIpc) is 2.45. The minimum atomic E-state index is -0.716. The van der Waals surface area contributed by atoms with E-state index in [0.29, 0.717) is 19.7 Å². The Morgan fingerprint density at radius 3 is 2.81 bits per heavy atom. The van der Waals surface area contributed by atoms with Gasteiger partial charge in [0.2, 0.25) is 0 Å². The van der Waals surface area contributed by atoms with Crippen molar-refractivity contribution in [2.45, 2.75) is 13.0 Å². The molecule has 0 aromatic heterocycles. The van der Waals surface area contributed by atoms with Gasteiger partial charge in [-0.05, 0) is 25.1 Å². The van der Waals surface area contributed by atoms with Gasteiger partial charge in [-0.25, -0.2) is 4.39 Å². The zero-order chi connectivity index (χ0) is 15.7. The van der Waals surface area contributed by atoms with E-state index in [0.717, 1.165) is 12.6 Å².